The first-order chi connectivity index (χ1) is 11.6. The number of rotatable bonds is 6. The summed E-state index contributed by atoms with van der Waals surface area (Å²) >= 11 is 0. The number of para-hydroxylation sites is 1. The molecular formula is C19H20FN3O. The molecule has 0 unspecified atom stereocenters. The van der Waals surface area contributed by atoms with E-state index in [9.17, 15) is 9.18 Å². The number of amides is 1. The molecule has 5 heteroatoms. The second-order valence-electron chi connectivity index (χ2n) is 5.86. The van der Waals surface area contributed by atoms with Crippen molar-refractivity contribution in [3.63, 3.8) is 0 Å². The van der Waals surface area contributed by atoms with Gasteiger partial charge in [0.25, 0.3) is 0 Å². The Bertz CT molecular complexity index is 839. The molecule has 1 heterocycles. The van der Waals surface area contributed by atoms with E-state index in [-0.39, 0.29) is 11.7 Å². The van der Waals surface area contributed by atoms with E-state index in [0.717, 1.165) is 22.0 Å². The summed E-state index contributed by atoms with van der Waals surface area (Å²) in [5.74, 6) is -0.251. The van der Waals surface area contributed by atoms with Crippen LogP contribution in [0.15, 0.2) is 48.7 Å². The van der Waals surface area contributed by atoms with Crippen LogP contribution in [0, 0.1) is 12.7 Å². The van der Waals surface area contributed by atoms with E-state index in [0.29, 0.717) is 25.9 Å². The molecule has 4 nitrogen and oxygen atoms in total. The molecule has 3 rings (SSSR count). The molecule has 1 amide bonds. The van der Waals surface area contributed by atoms with Crippen molar-refractivity contribution < 1.29 is 9.18 Å². The van der Waals surface area contributed by atoms with Gasteiger partial charge >= 0.3 is 0 Å². The quantitative estimate of drug-likeness (QED) is 0.756. The van der Waals surface area contributed by atoms with Crippen LogP contribution < -0.4 is 5.32 Å². The monoisotopic (exact) mass is 325 g/mol. The molecule has 3 aromatic rings. The number of hydrogen-bond donors (Lipinski definition) is 1. The minimum atomic E-state index is -0.246. The lowest BCUT2D eigenvalue weighted by atomic mass is 10.1. The summed E-state index contributed by atoms with van der Waals surface area (Å²) < 4.78 is 14.7. The minimum Gasteiger partial charge on any atom is -0.356 e. The molecule has 0 atom stereocenters. The van der Waals surface area contributed by atoms with Gasteiger partial charge in [-0.25, -0.2) is 4.39 Å². The summed E-state index contributed by atoms with van der Waals surface area (Å²) in [5.41, 5.74) is 3.24. The number of fused-ring (bicyclic) bond motifs is 1. The zero-order valence-electron chi connectivity index (χ0n) is 13.6. The van der Waals surface area contributed by atoms with Crippen LogP contribution in [0.2, 0.25) is 0 Å². The van der Waals surface area contributed by atoms with Crippen LogP contribution in [0.3, 0.4) is 0 Å². The fraction of sp³-hybridized carbons (Fsp3) is 0.263. The summed E-state index contributed by atoms with van der Waals surface area (Å²) in [6.07, 6.45) is 2.90. The molecule has 1 aromatic heterocycles. The van der Waals surface area contributed by atoms with Crippen LogP contribution in [0.5, 0.6) is 0 Å². The van der Waals surface area contributed by atoms with Crippen molar-refractivity contribution in [3.05, 3.63) is 65.6 Å². The third-order valence-corrected chi connectivity index (χ3v) is 4.06. The van der Waals surface area contributed by atoms with Gasteiger partial charge in [0.2, 0.25) is 5.91 Å². The summed E-state index contributed by atoms with van der Waals surface area (Å²) in [4.78, 5) is 12.0. The summed E-state index contributed by atoms with van der Waals surface area (Å²) in [6.45, 7) is 3.14. The molecule has 1 N–H and O–H groups in total. The maximum absolute atomic E-state index is 12.8. The Hall–Kier alpha value is -2.69. The van der Waals surface area contributed by atoms with E-state index in [4.69, 9.17) is 0 Å². The van der Waals surface area contributed by atoms with Gasteiger partial charge in [0.05, 0.1) is 18.3 Å². The average Bonchev–Trinajstić information content (AvgIpc) is 2.99. The summed E-state index contributed by atoms with van der Waals surface area (Å²) in [7, 11) is 0. The Morgan fingerprint density at radius 1 is 1.21 bits per heavy atom. The smallest absolute Gasteiger partial charge is 0.221 e. The first-order valence-corrected chi connectivity index (χ1v) is 8.06. The largest absolute Gasteiger partial charge is 0.356 e. The standard InChI is InChI=1S/C19H20FN3O/c1-14-3-2-4-16-13-22-23(19(14)16)12-10-18(24)21-11-9-15-5-7-17(20)8-6-15/h2-8,13H,9-12H2,1H3,(H,21,24). The molecule has 0 fully saturated rings. The zero-order chi connectivity index (χ0) is 16.9. The van der Waals surface area contributed by atoms with Crippen molar-refractivity contribution in [1.82, 2.24) is 15.1 Å². The second-order valence-corrected chi connectivity index (χ2v) is 5.86. The Morgan fingerprint density at radius 3 is 2.79 bits per heavy atom. The van der Waals surface area contributed by atoms with Crippen molar-refractivity contribution in [3.8, 4) is 0 Å². The van der Waals surface area contributed by atoms with Gasteiger partial charge in [0, 0.05) is 18.4 Å². The molecule has 2 aromatic carbocycles. The minimum absolute atomic E-state index is 0.00524. The van der Waals surface area contributed by atoms with Crippen molar-refractivity contribution in [2.75, 3.05) is 6.54 Å². The molecule has 124 valence electrons. The molecule has 0 aliphatic rings. The lowest BCUT2D eigenvalue weighted by Crippen LogP contribution is -2.26. The number of nitrogens with one attached hydrogen (secondary N) is 1. The van der Waals surface area contributed by atoms with Crippen molar-refractivity contribution in [2.24, 2.45) is 0 Å². The molecule has 0 spiro atoms. The van der Waals surface area contributed by atoms with Crippen LogP contribution in [-0.4, -0.2) is 22.2 Å². The molecular weight excluding hydrogens is 305 g/mol. The maximum Gasteiger partial charge on any atom is 0.221 e. The number of benzene rings is 2. The van der Waals surface area contributed by atoms with Crippen LogP contribution in [0.1, 0.15) is 17.5 Å². The third-order valence-electron chi connectivity index (χ3n) is 4.06. The predicted octanol–water partition coefficient (Wildman–Crippen LogP) is 3.23. The summed E-state index contributed by atoms with van der Waals surface area (Å²) in [5, 5.41) is 8.35. The highest BCUT2D eigenvalue weighted by Crippen LogP contribution is 2.17. The number of aryl methyl sites for hydroxylation is 2. The number of hydrogen-bond acceptors (Lipinski definition) is 2. The maximum atomic E-state index is 12.8. The first kappa shape index (κ1) is 16.2. The highest BCUT2D eigenvalue weighted by molar-refractivity contribution is 5.82. The fourth-order valence-electron chi connectivity index (χ4n) is 2.79. The SMILES string of the molecule is Cc1cccc2cnn(CCC(=O)NCCc3ccc(F)cc3)c12. The van der Waals surface area contributed by atoms with E-state index in [1.165, 1.54) is 12.1 Å². The molecule has 24 heavy (non-hydrogen) atoms. The second kappa shape index (κ2) is 7.25. The zero-order valence-corrected chi connectivity index (χ0v) is 13.6. The predicted molar refractivity (Wildman–Crippen MR) is 92.2 cm³/mol. The molecule has 0 saturated carbocycles. The van der Waals surface area contributed by atoms with Gasteiger partial charge in [-0.15, -0.1) is 0 Å². The number of aromatic nitrogens is 2. The highest BCUT2D eigenvalue weighted by Gasteiger charge is 2.07. The van der Waals surface area contributed by atoms with Crippen LogP contribution in [-0.2, 0) is 17.8 Å². The highest BCUT2D eigenvalue weighted by atomic mass is 19.1. The van der Waals surface area contributed by atoms with Gasteiger partial charge in [-0.05, 0) is 36.6 Å². The van der Waals surface area contributed by atoms with Crippen molar-refractivity contribution in [2.45, 2.75) is 26.3 Å². The van der Waals surface area contributed by atoms with Gasteiger partial charge in [-0.3, -0.25) is 9.48 Å². The van der Waals surface area contributed by atoms with Gasteiger partial charge < -0.3 is 5.32 Å². The van der Waals surface area contributed by atoms with Crippen molar-refractivity contribution >= 4 is 16.8 Å². The Balaban J connectivity index is 1.49. The van der Waals surface area contributed by atoms with Crippen molar-refractivity contribution in [1.29, 1.82) is 0 Å². The lowest BCUT2D eigenvalue weighted by molar-refractivity contribution is -0.121. The van der Waals surface area contributed by atoms with E-state index in [1.807, 2.05) is 36.0 Å². The molecule has 0 radical (unpaired) electrons. The normalized spacial score (nSPS) is 10.9. The molecule has 0 aliphatic carbocycles. The van der Waals surface area contributed by atoms with Gasteiger partial charge in [-0.1, -0.05) is 30.3 Å². The molecule has 0 bridgehead atoms. The third kappa shape index (κ3) is 3.79. The number of carbonyl (C=O) groups is 1. The molecule has 0 aliphatic heterocycles. The topological polar surface area (TPSA) is 46.9 Å². The lowest BCUT2D eigenvalue weighted by Gasteiger charge is -2.07. The average molecular weight is 325 g/mol. The van der Waals surface area contributed by atoms with Gasteiger partial charge in [-0.2, -0.15) is 5.10 Å². The van der Waals surface area contributed by atoms with Crippen LogP contribution in [0.25, 0.3) is 10.9 Å². The first-order valence-electron chi connectivity index (χ1n) is 8.06. The number of halogens is 1. The van der Waals surface area contributed by atoms with Crippen LogP contribution in [0.4, 0.5) is 4.39 Å². The van der Waals surface area contributed by atoms with E-state index >= 15 is 0 Å². The number of carbonyl (C=O) groups excluding carboxylic acids is 1. The van der Waals surface area contributed by atoms with E-state index in [2.05, 4.69) is 10.4 Å². The number of nitrogens with zero attached hydrogens (tertiary/aromatic N) is 2. The summed E-state index contributed by atoms with van der Waals surface area (Å²) in [6, 6.07) is 12.4. The fourth-order valence-corrected chi connectivity index (χ4v) is 2.79. The molecule has 0 saturated heterocycles. The van der Waals surface area contributed by atoms with Crippen LogP contribution >= 0.6 is 0 Å². The van der Waals surface area contributed by atoms with Gasteiger partial charge in [0.15, 0.2) is 0 Å². The Morgan fingerprint density at radius 2 is 2.00 bits per heavy atom. The van der Waals surface area contributed by atoms with Gasteiger partial charge in [0.1, 0.15) is 5.82 Å². The Kier molecular flexibility index (Phi) is 4.89. The van der Waals surface area contributed by atoms with E-state index < -0.39 is 0 Å². The Labute approximate surface area is 140 Å². The van der Waals surface area contributed by atoms with E-state index in [1.54, 1.807) is 12.1 Å².